The average molecular weight is 531 g/mol. The lowest BCUT2D eigenvalue weighted by Gasteiger charge is -2.30. The second-order valence-electron chi connectivity index (χ2n) is 9.66. The van der Waals surface area contributed by atoms with Crippen LogP contribution in [0.3, 0.4) is 0 Å². The smallest absolute Gasteiger partial charge is 0.269 e. The summed E-state index contributed by atoms with van der Waals surface area (Å²) >= 11 is 6.10. The van der Waals surface area contributed by atoms with Crippen molar-refractivity contribution in [1.29, 1.82) is 0 Å². The molecule has 2 N–H and O–H groups in total. The fourth-order valence-electron chi connectivity index (χ4n) is 4.76. The summed E-state index contributed by atoms with van der Waals surface area (Å²) in [6.45, 7) is 3.58. The number of ether oxygens (including phenoxy) is 1. The number of nitrogens with zero attached hydrogens (tertiary/aromatic N) is 2. The standard InChI is InChI=1S/C27H35ClN4O5/c1-3-19(33)7-5-4-6-8-21(31-25(34)22-16-27(37-32-22)11-13-29-14-12-27)26-30-17-24(36-26)20-10-9-18(28)15-23(20)35-2/h9-10,15,17,21,29H,3-8,11-14,16H2,1-2H3,(H,31,34)/t21-/m0/s1. The van der Waals surface area contributed by atoms with Gasteiger partial charge in [-0.05, 0) is 44.1 Å². The summed E-state index contributed by atoms with van der Waals surface area (Å²) in [7, 11) is 1.57. The zero-order valence-corrected chi connectivity index (χ0v) is 22.2. The number of aromatic nitrogens is 1. The Bertz CT molecular complexity index is 1130. The quantitative estimate of drug-likeness (QED) is 0.371. The summed E-state index contributed by atoms with van der Waals surface area (Å²) < 4.78 is 11.6. The minimum atomic E-state index is -0.450. The minimum absolute atomic E-state index is 0.269. The number of nitrogens with one attached hydrogen (secondary N) is 2. The highest BCUT2D eigenvalue weighted by Crippen LogP contribution is 2.35. The number of rotatable bonds is 12. The maximum absolute atomic E-state index is 13.2. The van der Waals surface area contributed by atoms with Crippen molar-refractivity contribution in [2.24, 2.45) is 5.16 Å². The average Bonchev–Trinajstić information content (AvgIpc) is 3.56. The molecule has 9 nitrogen and oxygen atoms in total. The number of amides is 1. The predicted octanol–water partition coefficient (Wildman–Crippen LogP) is 4.99. The van der Waals surface area contributed by atoms with Crippen LogP contribution >= 0.6 is 11.6 Å². The van der Waals surface area contributed by atoms with Crippen molar-refractivity contribution in [2.45, 2.75) is 76.4 Å². The van der Waals surface area contributed by atoms with Gasteiger partial charge in [0.1, 0.15) is 28.9 Å². The first-order valence-electron chi connectivity index (χ1n) is 13.0. The first-order valence-corrected chi connectivity index (χ1v) is 13.4. The van der Waals surface area contributed by atoms with E-state index in [9.17, 15) is 9.59 Å². The molecular formula is C27H35ClN4O5. The minimum Gasteiger partial charge on any atom is -0.496 e. The second kappa shape index (κ2) is 12.6. The Morgan fingerprint density at radius 3 is 2.81 bits per heavy atom. The van der Waals surface area contributed by atoms with Gasteiger partial charge in [0.25, 0.3) is 5.91 Å². The van der Waals surface area contributed by atoms with E-state index in [1.165, 1.54) is 0 Å². The Labute approximate surface area is 222 Å². The summed E-state index contributed by atoms with van der Waals surface area (Å²) in [5.41, 5.74) is 0.724. The number of unbranched alkanes of at least 4 members (excludes halogenated alkanes) is 2. The van der Waals surface area contributed by atoms with Crippen molar-refractivity contribution in [2.75, 3.05) is 20.2 Å². The van der Waals surface area contributed by atoms with Crippen LogP contribution < -0.4 is 15.4 Å². The van der Waals surface area contributed by atoms with Crippen molar-refractivity contribution in [1.82, 2.24) is 15.6 Å². The van der Waals surface area contributed by atoms with Gasteiger partial charge in [0, 0.05) is 37.1 Å². The molecule has 0 unspecified atom stereocenters. The number of oxime groups is 1. The molecule has 0 radical (unpaired) electrons. The fourth-order valence-corrected chi connectivity index (χ4v) is 4.92. The number of piperidine rings is 1. The van der Waals surface area contributed by atoms with Gasteiger partial charge in [-0.2, -0.15) is 0 Å². The Balaban J connectivity index is 1.46. The molecule has 1 saturated heterocycles. The molecule has 2 aliphatic heterocycles. The molecule has 2 aromatic rings. The van der Waals surface area contributed by atoms with Crippen molar-refractivity contribution in [3.8, 4) is 17.1 Å². The number of hydrogen-bond donors (Lipinski definition) is 2. The molecule has 37 heavy (non-hydrogen) atoms. The van der Waals surface area contributed by atoms with Crippen LogP contribution in [-0.2, 0) is 14.4 Å². The lowest BCUT2D eigenvalue weighted by molar-refractivity contribution is -0.119. The highest BCUT2D eigenvalue weighted by molar-refractivity contribution is 6.39. The van der Waals surface area contributed by atoms with Crippen LogP contribution in [0.4, 0.5) is 0 Å². The molecule has 0 bridgehead atoms. The van der Waals surface area contributed by atoms with Crippen LogP contribution in [0.15, 0.2) is 34.0 Å². The topological polar surface area (TPSA) is 115 Å². The van der Waals surface area contributed by atoms with Gasteiger partial charge in [0.2, 0.25) is 5.89 Å². The zero-order chi connectivity index (χ0) is 26.3. The molecule has 200 valence electrons. The molecular weight excluding hydrogens is 496 g/mol. The maximum atomic E-state index is 13.2. The van der Waals surface area contributed by atoms with E-state index in [0.29, 0.717) is 53.8 Å². The summed E-state index contributed by atoms with van der Waals surface area (Å²) in [5.74, 6) is 1.49. The van der Waals surface area contributed by atoms with Gasteiger partial charge >= 0.3 is 0 Å². The largest absolute Gasteiger partial charge is 0.496 e. The van der Waals surface area contributed by atoms with Crippen molar-refractivity contribution in [3.63, 3.8) is 0 Å². The number of halogens is 1. The molecule has 1 atom stereocenters. The number of hydrogen-bond acceptors (Lipinski definition) is 8. The van der Waals surface area contributed by atoms with Crippen LogP contribution in [-0.4, -0.2) is 48.2 Å². The molecule has 2 aliphatic rings. The number of carbonyl (C=O) groups is 2. The lowest BCUT2D eigenvalue weighted by Crippen LogP contribution is -2.43. The van der Waals surface area contributed by atoms with E-state index in [-0.39, 0.29) is 17.3 Å². The van der Waals surface area contributed by atoms with E-state index < -0.39 is 6.04 Å². The SMILES string of the molecule is CCC(=O)CCCCC[C@H](NC(=O)C1=NOC2(CCNCC2)C1)c1ncc(-c2ccc(Cl)cc2OC)o1. The second-order valence-corrected chi connectivity index (χ2v) is 10.1. The molecule has 10 heteroatoms. The predicted molar refractivity (Wildman–Crippen MR) is 141 cm³/mol. The lowest BCUT2D eigenvalue weighted by atomic mass is 9.87. The third-order valence-electron chi connectivity index (χ3n) is 7.01. The summed E-state index contributed by atoms with van der Waals surface area (Å²) in [4.78, 5) is 35.1. The van der Waals surface area contributed by atoms with Crippen LogP contribution in [0.1, 0.15) is 76.6 Å². The van der Waals surface area contributed by atoms with E-state index in [0.717, 1.165) is 50.8 Å². The normalized spacial score (nSPS) is 17.2. The summed E-state index contributed by atoms with van der Waals surface area (Å²) in [6, 6.07) is 4.83. The Kier molecular flexibility index (Phi) is 9.21. The molecule has 0 saturated carbocycles. The molecule has 1 fully saturated rings. The number of oxazole rings is 1. The highest BCUT2D eigenvalue weighted by atomic mass is 35.5. The van der Waals surface area contributed by atoms with E-state index in [1.807, 2.05) is 13.0 Å². The van der Waals surface area contributed by atoms with Gasteiger partial charge in [-0.25, -0.2) is 4.98 Å². The van der Waals surface area contributed by atoms with Gasteiger partial charge in [-0.1, -0.05) is 36.5 Å². The van der Waals surface area contributed by atoms with E-state index in [2.05, 4.69) is 20.8 Å². The molecule has 1 aromatic heterocycles. The number of carbonyl (C=O) groups excluding carboxylic acids is 2. The fraction of sp³-hybridized carbons (Fsp3) is 0.556. The molecule has 1 aromatic carbocycles. The molecule has 4 rings (SSSR count). The Morgan fingerprint density at radius 1 is 1.24 bits per heavy atom. The van der Waals surface area contributed by atoms with E-state index in [4.69, 9.17) is 25.6 Å². The Morgan fingerprint density at radius 2 is 2.05 bits per heavy atom. The number of benzene rings is 1. The highest BCUT2D eigenvalue weighted by Gasteiger charge is 2.42. The van der Waals surface area contributed by atoms with Crippen LogP contribution in [0.2, 0.25) is 5.02 Å². The molecule has 1 amide bonds. The van der Waals surface area contributed by atoms with Crippen LogP contribution in [0.5, 0.6) is 5.75 Å². The van der Waals surface area contributed by atoms with E-state index >= 15 is 0 Å². The number of Topliss-reactive ketones (excluding diaryl/α,β-unsaturated/α-hetero) is 1. The first kappa shape index (κ1) is 27.1. The molecule has 3 heterocycles. The van der Waals surface area contributed by atoms with Crippen LogP contribution in [0.25, 0.3) is 11.3 Å². The maximum Gasteiger partial charge on any atom is 0.269 e. The summed E-state index contributed by atoms with van der Waals surface area (Å²) in [5, 5.41) is 11.1. The van der Waals surface area contributed by atoms with Gasteiger partial charge in [0.15, 0.2) is 5.76 Å². The monoisotopic (exact) mass is 530 g/mol. The van der Waals surface area contributed by atoms with Crippen molar-refractivity contribution in [3.05, 3.63) is 35.3 Å². The Hall–Kier alpha value is -2.91. The van der Waals surface area contributed by atoms with E-state index in [1.54, 1.807) is 25.4 Å². The third-order valence-corrected chi connectivity index (χ3v) is 7.25. The molecule has 0 aliphatic carbocycles. The molecule has 1 spiro atoms. The summed E-state index contributed by atoms with van der Waals surface area (Å²) in [6.07, 6.45) is 8.02. The van der Waals surface area contributed by atoms with Crippen molar-refractivity contribution >= 4 is 29.0 Å². The van der Waals surface area contributed by atoms with Crippen molar-refractivity contribution < 1.29 is 23.6 Å². The van der Waals surface area contributed by atoms with Crippen LogP contribution in [0, 0.1) is 0 Å². The zero-order valence-electron chi connectivity index (χ0n) is 21.5. The van der Waals surface area contributed by atoms with Gasteiger partial charge in [-0.15, -0.1) is 0 Å². The third kappa shape index (κ3) is 6.90. The van der Waals surface area contributed by atoms with Gasteiger partial charge in [-0.3, -0.25) is 9.59 Å². The number of ketones is 1. The number of methoxy groups -OCH3 is 1. The van der Waals surface area contributed by atoms with Gasteiger partial charge < -0.3 is 24.6 Å². The van der Waals surface area contributed by atoms with Gasteiger partial charge in [0.05, 0.1) is 18.9 Å². The first-order chi connectivity index (χ1) is 17.9.